The van der Waals surface area contributed by atoms with Crippen molar-refractivity contribution in [2.75, 3.05) is 13.2 Å². The van der Waals surface area contributed by atoms with Gasteiger partial charge in [0.25, 0.3) is 5.91 Å². The van der Waals surface area contributed by atoms with Crippen molar-refractivity contribution in [3.05, 3.63) is 53.5 Å². The van der Waals surface area contributed by atoms with Gasteiger partial charge in [0, 0.05) is 0 Å². The molecule has 0 saturated heterocycles. The number of amides is 1. The fourth-order valence-corrected chi connectivity index (χ4v) is 2.10. The molecule has 1 N–H and O–H groups in total. The summed E-state index contributed by atoms with van der Waals surface area (Å²) < 4.78 is 15.5. The number of carbonyl (C=O) groups is 2. The Morgan fingerprint density at radius 1 is 1.17 bits per heavy atom. The molecule has 1 atom stereocenters. The molecule has 0 radical (unpaired) electrons. The molecular weight excluding hydrogens is 310 g/mol. The van der Waals surface area contributed by atoms with Gasteiger partial charge in [0.15, 0.2) is 13.2 Å². The predicted octanol–water partition coefficient (Wildman–Crippen LogP) is 2.70. The van der Waals surface area contributed by atoms with E-state index in [-0.39, 0.29) is 19.3 Å². The minimum atomic E-state index is -0.600. The molecule has 1 aromatic carbocycles. The van der Waals surface area contributed by atoms with Crippen LogP contribution in [0.2, 0.25) is 0 Å². The zero-order valence-electron chi connectivity index (χ0n) is 14.0. The van der Waals surface area contributed by atoms with E-state index in [9.17, 15) is 9.59 Å². The van der Waals surface area contributed by atoms with Gasteiger partial charge in [0.05, 0.1) is 12.3 Å². The molecule has 0 saturated carbocycles. The number of carbonyl (C=O) groups excluding carboxylic acids is 2. The average molecular weight is 331 g/mol. The van der Waals surface area contributed by atoms with Gasteiger partial charge in [-0.15, -0.1) is 0 Å². The number of hydrogen-bond acceptors (Lipinski definition) is 5. The molecule has 2 rings (SSSR count). The molecule has 6 nitrogen and oxygen atoms in total. The van der Waals surface area contributed by atoms with E-state index < -0.39 is 11.9 Å². The van der Waals surface area contributed by atoms with Crippen LogP contribution in [-0.2, 0) is 14.3 Å². The second-order valence-electron chi connectivity index (χ2n) is 5.45. The topological polar surface area (TPSA) is 77.8 Å². The highest BCUT2D eigenvalue weighted by Crippen LogP contribution is 2.20. The minimum Gasteiger partial charge on any atom is -0.482 e. The second kappa shape index (κ2) is 8.19. The molecule has 0 unspecified atom stereocenters. The highest BCUT2D eigenvalue weighted by molar-refractivity contribution is 5.81. The van der Waals surface area contributed by atoms with Crippen molar-refractivity contribution in [2.45, 2.75) is 26.8 Å². The summed E-state index contributed by atoms with van der Waals surface area (Å²) in [6.45, 7) is 5.05. The molecule has 6 heteroatoms. The number of furan rings is 1. The molecule has 0 fully saturated rings. The zero-order chi connectivity index (χ0) is 17.5. The molecule has 1 heterocycles. The van der Waals surface area contributed by atoms with Gasteiger partial charge in [-0.25, -0.2) is 4.79 Å². The van der Waals surface area contributed by atoms with Gasteiger partial charge in [-0.3, -0.25) is 4.79 Å². The first-order valence-electron chi connectivity index (χ1n) is 7.64. The lowest BCUT2D eigenvalue weighted by Gasteiger charge is -2.12. The maximum Gasteiger partial charge on any atom is 0.344 e. The Hall–Kier alpha value is -2.76. The molecule has 1 aromatic heterocycles. The van der Waals surface area contributed by atoms with E-state index in [1.54, 1.807) is 25.1 Å². The van der Waals surface area contributed by atoms with Crippen molar-refractivity contribution >= 4 is 11.9 Å². The summed E-state index contributed by atoms with van der Waals surface area (Å²) in [4.78, 5) is 23.4. The van der Waals surface area contributed by atoms with Gasteiger partial charge in [0.2, 0.25) is 0 Å². The highest BCUT2D eigenvalue weighted by Gasteiger charge is 2.14. The Morgan fingerprint density at radius 2 is 1.96 bits per heavy atom. The summed E-state index contributed by atoms with van der Waals surface area (Å²) in [7, 11) is 0. The normalized spacial score (nSPS) is 11.6. The molecule has 2 aromatic rings. The monoisotopic (exact) mass is 331 g/mol. The van der Waals surface area contributed by atoms with Gasteiger partial charge in [-0.1, -0.05) is 12.1 Å². The average Bonchev–Trinajstić information content (AvgIpc) is 3.09. The Labute approximate surface area is 140 Å². The molecule has 0 spiro atoms. The smallest absolute Gasteiger partial charge is 0.344 e. The largest absolute Gasteiger partial charge is 0.482 e. The molecule has 1 amide bonds. The number of hydrogen-bond donors (Lipinski definition) is 1. The Morgan fingerprint density at radius 3 is 2.67 bits per heavy atom. The van der Waals surface area contributed by atoms with Crippen LogP contribution in [0.3, 0.4) is 0 Å². The second-order valence-corrected chi connectivity index (χ2v) is 5.45. The number of rotatable bonds is 7. The predicted molar refractivity (Wildman–Crippen MR) is 87.6 cm³/mol. The van der Waals surface area contributed by atoms with Crippen LogP contribution in [0, 0.1) is 13.8 Å². The van der Waals surface area contributed by atoms with Crippen molar-refractivity contribution < 1.29 is 23.5 Å². The van der Waals surface area contributed by atoms with Crippen LogP contribution in [0.5, 0.6) is 5.75 Å². The van der Waals surface area contributed by atoms with E-state index in [0.717, 1.165) is 11.1 Å². The van der Waals surface area contributed by atoms with E-state index in [0.29, 0.717) is 11.5 Å². The standard InChI is InChI=1S/C18H21NO5/c1-12-6-4-7-15(13(12)2)23-11-18(21)24-10-17(20)19-14(3)16-8-5-9-22-16/h4-9,14H,10-11H2,1-3H3,(H,19,20)/t14-/m1/s1. The number of benzene rings is 1. The van der Waals surface area contributed by atoms with Gasteiger partial charge in [-0.2, -0.15) is 0 Å². The van der Waals surface area contributed by atoms with Crippen LogP contribution in [-0.4, -0.2) is 25.1 Å². The lowest BCUT2D eigenvalue weighted by atomic mass is 10.1. The molecule has 0 aliphatic carbocycles. The van der Waals surface area contributed by atoms with E-state index in [4.69, 9.17) is 13.9 Å². The number of aryl methyl sites for hydroxylation is 1. The Bertz CT molecular complexity index is 693. The van der Waals surface area contributed by atoms with Crippen LogP contribution < -0.4 is 10.1 Å². The van der Waals surface area contributed by atoms with Crippen molar-refractivity contribution in [3.8, 4) is 5.75 Å². The molecule has 24 heavy (non-hydrogen) atoms. The lowest BCUT2D eigenvalue weighted by Crippen LogP contribution is -2.31. The molecule has 128 valence electrons. The zero-order valence-corrected chi connectivity index (χ0v) is 14.0. The van der Waals surface area contributed by atoms with Crippen molar-refractivity contribution in [2.24, 2.45) is 0 Å². The van der Waals surface area contributed by atoms with E-state index in [2.05, 4.69) is 5.32 Å². The van der Waals surface area contributed by atoms with Gasteiger partial charge in [0.1, 0.15) is 11.5 Å². The minimum absolute atomic E-state index is 0.245. The Balaban J connectivity index is 1.73. The lowest BCUT2D eigenvalue weighted by molar-refractivity contribution is -0.150. The third-order valence-corrected chi connectivity index (χ3v) is 3.61. The van der Waals surface area contributed by atoms with Crippen LogP contribution in [0.4, 0.5) is 0 Å². The van der Waals surface area contributed by atoms with Crippen LogP contribution in [0.1, 0.15) is 29.9 Å². The third-order valence-electron chi connectivity index (χ3n) is 3.61. The Kier molecular flexibility index (Phi) is 6.01. The molecule has 0 aliphatic heterocycles. The van der Waals surface area contributed by atoms with Gasteiger partial charge < -0.3 is 19.2 Å². The van der Waals surface area contributed by atoms with Crippen LogP contribution in [0.25, 0.3) is 0 Å². The molecule has 0 bridgehead atoms. The van der Waals surface area contributed by atoms with Crippen LogP contribution in [0.15, 0.2) is 41.0 Å². The SMILES string of the molecule is Cc1cccc(OCC(=O)OCC(=O)N[C@H](C)c2ccco2)c1C. The summed E-state index contributed by atoms with van der Waals surface area (Å²) >= 11 is 0. The van der Waals surface area contributed by atoms with Gasteiger partial charge in [-0.05, 0) is 50.1 Å². The van der Waals surface area contributed by atoms with Crippen molar-refractivity contribution in [1.82, 2.24) is 5.32 Å². The van der Waals surface area contributed by atoms with Gasteiger partial charge >= 0.3 is 5.97 Å². The van der Waals surface area contributed by atoms with Crippen molar-refractivity contribution in [1.29, 1.82) is 0 Å². The van der Waals surface area contributed by atoms with Crippen molar-refractivity contribution in [3.63, 3.8) is 0 Å². The van der Waals surface area contributed by atoms with E-state index in [1.165, 1.54) is 6.26 Å². The highest BCUT2D eigenvalue weighted by atomic mass is 16.6. The first-order chi connectivity index (χ1) is 11.5. The maximum absolute atomic E-state index is 11.8. The molecule has 0 aliphatic rings. The molecular formula is C18H21NO5. The van der Waals surface area contributed by atoms with E-state index in [1.807, 2.05) is 26.0 Å². The first kappa shape index (κ1) is 17.6. The quantitative estimate of drug-likeness (QED) is 0.789. The third kappa shape index (κ3) is 4.87. The van der Waals surface area contributed by atoms with Crippen LogP contribution >= 0.6 is 0 Å². The number of esters is 1. The fraction of sp³-hybridized carbons (Fsp3) is 0.333. The number of nitrogens with one attached hydrogen (secondary N) is 1. The number of ether oxygens (including phenoxy) is 2. The summed E-state index contributed by atoms with van der Waals surface area (Å²) in [6.07, 6.45) is 1.53. The van der Waals surface area contributed by atoms with E-state index >= 15 is 0 Å². The maximum atomic E-state index is 11.8. The summed E-state index contributed by atoms with van der Waals surface area (Å²) in [5.74, 6) is 0.256. The first-order valence-corrected chi connectivity index (χ1v) is 7.64. The summed E-state index contributed by atoms with van der Waals surface area (Å²) in [5, 5.41) is 2.68. The fourth-order valence-electron chi connectivity index (χ4n) is 2.10. The summed E-state index contributed by atoms with van der Waals surface area (Å²) in [6, 6.07) is 8.81. The summed E-state index contributed by atoms with van der Waals surface area (Å²) in [5.41, 5.74) is 2.04.